The number of nitrogens with zero attached hydrogens (tertiary/aromatic N) is 1. The molecule has 22 heavy (non-hydrogen) atoms. The van der Waals surface area contributed by atoms with E-state index in [1.165, 1.54) is 0 Å². The van der Waals surface area contributed by atoms with Crippen LogP contribution < -0.4 is 15.4 Å². The van der Waals surface area contributed by atoms with E-state index in [4.69, 9.17) is 16.3 Å². The largest absolute Gasteiger partial charge is 0.495 e. The number of benzene rings is 1. The topological polar surface area (TPSA) is 53.6 Å². The van der Waals surface area contributed by atoms with Gasteiger partial charge in [0.25, 0.3) is 0 Å². The average molecular weight is 348 g/mol. The van der Waals surface area contributed by atoms with Gasteiger partial charge in [-0.1, -0.05) is 11.6 Å². The summed E-state index contributed by atoms with van der Waals surface area (Å²) in [6.07, 6.45) is 2.16. The maximum atomic E-state index is 12.1. The number of likely N-dealkylation sites (N-methyl/N-ethyl adjacent to an activating group) is 1. The van der Waals surface area contributed by atoms with Gasteiger partial charge in [0.1, 0.15) is 5.75 Å². The van der Waals surface area contributed by atoms with E-state index in [0.717, 1.165) is 25.9 Å². The number of hydrogen-bond acceptors (Lipinski definition) is 4. The highest BCUT2D eigenvalue weighted by Crippen LogP contribution is 2.27. The summed E-state index contributed by atoms with van der Waals surface area (Å²) in [4.78, 5) is 14.2. The van der Waals surface area contributed by atoms with Crippen molar-refractivity contribution in [3.8, 4) is 5.75 Å². The molecule has 0 aliphatic carbocycles. The number of hydrogen-bond donors (Lipinski definition) is 2. The molecule has 0 aromatic heterocycles. The number of anilines is 1. The van der Waals surface area contributed by atoms with Crippen LogP contribution in [-0.4, -0.2) is 50.6 Å². The Labute approximate surface area is 142 Å². The van der Waals surface area contributed by atoms with Crippen LogP contribution in [0.2, 0.25) is 5.02 Å². The second-order valence-electron chi connectivity index (χ2n) is 5.29. The normalized spacial score (nSPS) is 15.3. The fraction of sp³-hybridized carbons (Fsp3) is 0.533. The number of carbonyl (C=O) groups is 1. The number of nitrogens with one attached hydrogen (secondary N) is 2. The molecule has 1 fully saturated rings. The Bertz CT molecular complexity index is 494. The molecule has 0 unspecified atom stereocenters. The molecule has 0 saturated carbocycles. The van der Waals surface area contributed by atoms with Gasteiger partial charge in [-0.25, -0.2) is 0 Å². The fourth-order valence-corrected chi connectivity index (χ4v) is 2.81. The van der Waals surface area contributed by atoms with Crippen LogP contribution >= 0.6 is 24.0 Å². The Kier molecular flexibility index (Phi) is 7.96. The first-order valence-corrected chi connectivity index (χ1v) is 7.52. The van der Waals surface area contributed by atoms with Gasteiger partial charge in [0.05, 0.1) is 18.7 Å². The SMILES string of the molecule is COc1ccc(NC(=O)CN(C)C2CCNCC2)cc1Cl.Cl. The van der Waals surface area contributed by atoms with Gasteiger partial charge in [0, 0.05) is 11.7 Å². The first-order valence-electron chi connectivity index (χ1n) is 7.14. The van der Waals surface area contributed by atoms with Crippen LogP contribution in [0.25, 0.3) is 0 Å². The van der Waals surface area contributed by atoms with Crippen LogP contribution in [0, 0.1) is 0 Å². The second-order valence-corrected chi connectivity index (χ2v) is 5.70. The van der Waals surface area contributed by atoms with Crippen LogP contribution in [0.4, 0.5) is 5.69 Å². The summed E-state index contributed by atoms with van der Waals surface area (Å²) in [7, 11) is 3.56. The van der Waals surface area contributed by atoms with Gasteiger partial charge in [0.2, 0.25) is 5.91 Å². The molecule has 0 radical (unpaired) electrons. The molecule has 2 rings (SSSR count). The summed E-state index contributed by atoms with van der Waals surface area (Å²) >= 11 is 6.05. The van der Waals surface area contributed by atoms with E-state index < -0.39 is 0 Å². The third-order valence-electron chi connectivity index (χ3n) is 3.76. The number of piperidine rings is 1. The zero-order valence-electron chi connectivity index (χ0n) is 12.9. The van der Waals surface area contributed by atoms with E-state index in [0.29, 0.717) is 29.0 Å². The molecule has 124 valence electrons. The molecule has 1 aliphatic rings. The zero-order chi connectivity index (χ0) is 15.2. The number of ether oxygens (including phenoxy) is 1. The molecule has 1 amide bonds. The van der Waals surface area contributed by atoms with Crippen molar-refractivity contribution in [3.63, 3.8) is 0 Å². The Morgan fingerprint density at radius 3 is 2.73 bits per heavy atom. The molecule has 2 N–H and O–H groups in total. The van der Waals surface area contributed by atoms with E-state index >= 15 is 0 Å². The van der Waals surface area contributed by atoms with E-state index in [9.17, 15) is 4.79 Å². The molecule has 1 aliphatic heterocycles. The lowest BCUT2D eigenvalue weighted by Crippen LogP contribution is -2.44. The molecule has 1 saturated heterocycles. The van der Waals surface area contributed by atoms with Gasteiger partial charge in [-0.05, 0) is 51.2 Å². The Balaban J connectivity index is 0.00000242. The van der Waals surface area contributed by atoms with E-state index in [1.807, 2.05) is 7.05 Å². The second kappa shape index (κ2) is 9.20. The van der Waals surface area contributed by atoms with Crippen molar-refractivity contribution in [3.05, 3.63) is 23.2 Å². The maximum Gasteiger partial charge on any atom is 0.238 e. The molecule has 0 atom stereocenters. The summed E-state index contributed by atoms with van der Waals surface area (Å²) in [5, 5.41) is 6.68. The number of halogens is 2. The fourth-order valence-electron chi connectivity index (χ4n) is 2.55. The first-order chi connectivity index (χ1) is 10.1. The molecule has 7 heteroatoms. The quantitative estimate of drug-likeness (QED) is 0.858. The highest BCUT2D eigenvalue weighted by molar-refractivity contribution is 6.32. The van der Waals surface area contributed by atoms with Gasteiger partial charge >= 0.3 is 0 Å². The van der Waals surface area contributed by atoms with Crippen LogP contribution in [0.3, 0.4) is 0 Å². The monoisotopic (exact) mass is 347 g/mol. The summed E-state index contributed by atoms with van der Waals surface area (Å²) in [6, 6.07) is 5.70. The third kappa shape index (κ3) is 5.32. The third-order valence-corrected chi connectivity index (χ3v) is 4.06. The molecule has 5 nitrogen and oxygen atoms in total. The Morgan fingerprint density at radius 1 is 1.45 bits per heavy atom. The van der Waals surface area contributed by atoms with Gasteiger partial charge < -0.3 is 15.4 Å². The predicted molar refractivity (Wildman–Crippen MR) is 92.4 cm³/mol. The number of rotatable bonds is 5. The first kappa shape index (κ1) is 19.0. The van der Waals surface area contributed by atoms with Gasteiger partial charge in [-0.2, -0.15) is 0 Å². The number of amides is 1. The van der Waals surface area contributed by atoms with Gasteiger partial charge in [-0.15, -0.1) is 12.4 Å². The van der Waals surface area contributed by atoms with E-state index in [2.05, 4.69) is 15.5 Å². The van der Waals surface area contributed by atoms with Crippen molar-refractivity contribution in [2.45, 2.75) is 18.9 Å². The molecule has 0 bridgehead atoms. The standard InChI is InChI=1S/C15H22ClN3O2.ClH/c1-19(12-5-7-17-8-6-12)10-15(20)18-11-3-4-14(21-2)13(16)9-11;/h3-4,9,12,17H,5-8,10H2,1-2H3,(H,18,20);1H. The minimum Gasteiger partial charge on any atom is -0.495 e. The highest BCUT2D eigenvalue weighted by atomic mass is 35.5. The summed E-state index contributed by atoms with van der Waals surface area (Å²) in [5.74, 6) is 0.568. The molecular weight excluding hydrogens is 325 g/mol. The van der Waals surface area contributed by atoms with E-state index in [-0.39, 0.29) is 18.3 Å². The van der Waals surface area contributed by atoms with Crippen molar-refractivity contribution < 1.29 is 9.53 Å². The minimum atomic E-state index is -0.0303. The van der Waals surface area contributed by atoms with Crippen LogP contribution in [0.15, 0.2) is 18.2 Å². The minimum absolute atomic E-state index is 0. The van der Waals surface area contributed by atoms with Crippen molar-refractivity contribution in [1.29, 1.82) is 0 Å². The number of methoxy groups -OCH3 is 1. The van der Waals surface area contributed by atoms with Crippen molar-refractivity contribution >= 4 is 35.6 Å². The van der Waals surface area contributed by atoms with Gasteiger partial charge in [0.15, 0.2) is 0 Å². The maximum absolute atomic E-state index is 12.1. The summed E-state index contributed by atoms with van der Waals surface area (Å²) in [6.45, 7) is 2.42. The highest BCUT2D eigenvalue weighted by Gasteiger charge is 2.19. The predicted octanol–water partition coefficient (Wildman–Crippen LogP) is 2.39. The lowest BCUT2D eigenvalue weighted by molar-refractivity contribution is -0.117. The van der Waals surface area contributed by atoms with E-state index in [1.54, 1.807) is 25.3 Å². The molecule has 0 spiro atoms. The van der Waals surface area contributed by atoms with Crippen LogP contribution in [0.5, 0.6) is 5.75 Å². The average Bonchev–Trinajstić information content (AvgIpc) is 2.48. The van der Waals surface area contributed by atoms with Crippen molar-refractivity contribution in [2.24, 2.45) is 0 Å². The van der Waals surface area contributed by atoms with Crippen LogP contribution in [-0.2, 0) is 4.79 Å². The summed E-state index contributed by atoms with van der Waals surface area (Å²) < 4.78 is 5.09. The van der Waals surface area contributed by atoms with Crippen LogP contribution in [0.1, 0.15) is 12.8 Å². The molecular formula is C15H23Cl2N3O2. The lowest BCUT2D eigenvalue weighted by Gasteiger charge is -2.31. The molecule has 1 heterocycles. The lowest BCUT2D eigenvalue weighted by atomic mass is 10.1. The smallest absolute Gasteiger partial charge is 0.238 e. The van der Waals surface area contributed by atoms with Gasteiger partial charge in [-0.3, -0.25) is 9.69 Å². The molecule has 1 aromatic carbocycles. The Hall–Kier alpha value is -1.01. The zero-order valence-corrected chi connectivity index (χ0v) is 14.5. The number of carbonyl (C=O) groups excluding carboxylic acids is 1. The summed E-state index contributed by atoms with van der Waals surface area (Å²) in [5.41, 5.74) is 0.685. The Morgan fingerprint density at radius 2 is 2.14 bits per heavy atom. The van der Waals surface area contributed by atoms with Crippen molar-refractivity contribution in [2.75, 3.05) is 39.1 Å². The molecule has 1 aromatic rings. The van der Waals surface area contributed by atoms with Crippen molar-refractivity contribution in [1.82, 2.24) is 10.2 Å².